The number of hydrogen-bond donors (Lipinski definition) is 1. The molecule has 0 unspecified atom stereocenters. The van der Waals surface area contributed by atoms with Crippen LogP contribution >= 0.6 is 11.6 Å². The number of alkyl halides is 3. The monoisotopic (exact) mass is 306 g/mol. The maximum absolute atomic E-state index is 13.1. The number of nitrogens with zero attached hydrogens (tertiary/aromatic N) is 3. The van der Waals surface area contributed by atoms with Crippen molar-refractivity contribution >= 4 is 29.8 Å². The lowest BCUT2D eigenvalue weighted by Gasteiger charge is -2.26. The second-order valence-electron chi connectivity index (χ2n) is 3.77. The van der Waals surface area contributed by atoms with E-state index in [1.165, 1.54) is 17.0 Å². The molecule has 1 aromatic rings. The molecule has 0 saturated heterocycles. The molecule has 0 aliphatic rings. The van der Waals surface area contributed by atoms with Gasteiger partial charge in [0.05, 0.1) is 17.8 Å². The lowest BCUT2D eigenvalue weighted by atomic mass is 10.1. The van der Waals surface area contributed by atoms with E-state index >= 15 is 0 Å². The minimum Gasteiger partial charge on any atom is -0.327 e. The van der Waals surface area contributed by atoms with Gasteiger partial charge in [0, 0.05) is 18.3 Å². The molecule has 1 rings (SSSR count). The van der Waals surface area contributed by atoms with Crippen LogP contribution in [-0.4, -0.2) is 25.6 Å². The number of nitrogens with two attached hydrogens (primary N) is 1. The van der Waals surface area contributed by atoms with Crippen molar-refractivity contribution in [1.82, 2.24) is 0 Å². The molecule has 0 fully saturated rings. The molecule has 0 spiro atoms. The van der Waals surface area contributed by atoms with Gasteiger partial charge in [-0.15, -0.1) is 5.10 Å². The average Bonchev–Trinajstić information content (AvgIpc) is 2.37. The van der Waals surface area contributed by atoms with Crippen LogP contribution < -0.4 is 10.6 Å². The van der Waals surface area contributed by atoms with Gasteiger partial charge in [0.1, 0.15) is 5.84 Å². The number of likely N-dealkylation sites (N-methyl/N-ethyl adjacent to an activating group) is 1. The van der Waals surface area contributed by atoms with Gasteiger partial charge in [0.2, 0.25) is 0 Å². The molecule has 1 aromatic carbocycles. The van der Waals surface area contributed by atoms with E-state index in [1.807, 2.05) is 0 Å². The van der Waals surface area contributed by atoms with Crippen LogP contribution in [0.15, 0.2) is 28.4 Å². The average molecular weight is 307 g/mol. The first kappa shape index (κ1) is 16.5. The molecular formula is C12H14ClF3N4. The number of halogens is 4. The van der Waals surface area contributed by atoms with Gasteiger partial charge in [-0.1, -0.05) is 11.6 Å². The molecule has 0 aliphatic heterocycles. The Hall–Kier alpha value is -1.60. The van der Waals surface area contributed by atoms with Crippen molar-refractivity contribution in [3.05, 3.63) is 28.8 Å². The highest BCUT2D eigenvalue weighted by molar-refractivity contribution is 6.31. The normalized spacial score (nSPS) is 12.4. The molecular weight excluding hydrogens is 293 g/mol. The predicted octanol–water partition coefficient (Wildman–Crippen LogP) is 3.16. The van der Waals surface area contributed by atoms with Crippen molar-refractivity contribution in [2.24, 2.45) is 15.9 Å². The van der Waals surface area contributed by atoms with E-state index in [0.29, 0.717) is 0 Å². The molecule has 4 nitrogen and oxygen atoms in total. The molecule has 0 atom stereocenters. The van der Waals surface area contributed by atoms with E-state index in [9.17, 15) is 13.2 Å². The zero-order chi connectivity index (χ0) is 15.3. The van der Waals surface area contributed by atoms with Crippen molar-refractivity contribution in [2.45, 2.75) is 13.1 Å². The minimum atomic E-state index is -4.51. The Morgan fingerprint density at radius 1 is 1.45 bits per heavy atom. The summed E-state index contributed by atoms with van der Waals surface area (Å²) in [5.41, 5.74) is 4.57. The summed E-state index contributed by atoms with van der Waals surface area (Å²) in [5.74, 6) is 0.176. The molecule has 0 saturated carbocycles. The summed E-state index contributed by atoms with van der Waals surface area (Å²) in [6.45, 7) is 5.01. The summed E-state index contributed by atoms with van der Waals surface area (Å²) in [4.78, 5) is 1.31. The molecule has 8 heteroatoms. The molecule has 110 valence electrons. The van der Waals surface area contributed by atoms with Crippen molar-refractivity contribution in [3.8, 4) is 0 Å². The summed E-state index contributed by atoms with van der Waals surface area (Å²) in [6, 6.07) is 3.34. The van der Waals surface area contributed by atoms with Crippen LogP contribution in [0.1, 0.15) is 12.5 Å². The van der Waals surface area contributed by atoms with Crippen LogP contribution in [-0.2, 0) is 6.18 Å². The smallest absolute Gasteiger partial charge is 0.327 e. The van der Waals surface area contributed by atoms with E-state index in [2.05, 4.69) is 16.9 Å². The maximum atomic E-state index is 13.1. The standard InChI is InChI=1S/C12H14ClF3N4/c1-3-20(11(7-17)19-18-2)10-6-8(13)4-5-9(10)12(14,15)16/h4-6H,2-3,7,17H2,1H3/b19-11-. The number of hydrogen-bond acceptors (Lipinski definition) is 3. The van der Waals surface area contributed by atoms with E-state index in [1.54, 1.807) is 6.92 Å². The Bertz CT molecular complexity index is 514. The summed E-state index contributed by atoms with van der Waals surface area (Å²) < 4.78 is 39.2. The summed E-state index contributed by atoms with van der Waals surface area (Å²) in [7, 11) is 0. The predicted molar refractivity (Wildman–Crippen MR) is 75.5 cm³/mol. The molecule has 0 aromatic heterocycles. The van der Waals surface area contributed by atoms with Gasteiger partial charge < -0.3 is 10.6 Å². The Kier molecular flexibility index (Phi) is 5.52. The molecule has 20 heavy (non-hydrogen) atoms. The number of anilines is 1. The minimum absolute atomic E-state index is 0.0727. The van der Waals surface area contributed by atoms with Crippen molar-refractivity contribution < 1.29 is 13.2 Å². The number of rotatable bonds is 4. The first-order valence-corrected chi connectivity index (χ1v) is 6.09. The number of benzene rings is 1. The highest BCUT2D eigenvalue weighted by Crippen LogP contribution is 2.38. The van der Waals surface area contributed by atoms with Crippen LogP contribution in [0.5, 0.6) is 0 Å². The lowest BCUT2D eigenvalue weighted by Crippen LogP contribution is -2.37. The van der Waals surface area contributed by atoms with Gasteiger partial charge in [-0.3, -0.25) is 0 Å². The van der Waals surface area contributed by atoms with Gasteiger partial charge >= 0.3 is 6.18 Å². The topological polar surface area (TPSA) is 54.0 Å². The summed E-state index contributed by atoms with van der Waals surface area (Å²) in [6.07, 6.45) is -4.51. The fourth-order valence-corrected chi connectivity index (χ4v) is 1.91. The van der Waals surface area contributed by atoms with Crippen molar-refractivity contribution in [1.29, 1.82) is 0 Å². The van der Waals surface area contributed by atoms with E-state index < -0.39 is 11.7 Å². The summed E-state index contributed by atoms with van der Waals surface area (Å²) >= 11 is 5.79. The third-order valence-corrected chi connectivity index (χ3v) is 2.79. The van der Waals surface area contributed by atoms with Gasteiger partial charge in [-0.25, -0.2) is 0 Å². The molecule has 0 amide bonds. The maximum Gasteiger partial charge on any atom is 0.418 e. The fraction of sp³-hybridized carbons (Fsp3) is 0.333. The largest absolute Gasteiger partial charge is 0.418 e. The Morgan fingerprint density at radius 3 is 2.55 bits per heavy atom. The van der Waals surface area contributed by atoms with Crippen molar-refractivity contribution in [3.63, 3.8) is 0 Å². The first-order chi connectivity index (χ1) is 9.35. The third kappa shape index (κ3) is 3.71. The Labute approximate surface area is 119 Å². The fourth-order valence-electron chi connectivity index (χ4n) is 1.75. The van der Waals surface area contributed by atoms with Crippen LogP contribution in [0, 0.1) is 0 Å². The Morgan fingerprint density at radius 2 is 2.10 bits per heavy atom. The zero-order valence-corrected chi connectivity index (χ0v) is 11.5. The SMILES string of the molecule is C=N/N=C(/CN)N(CC)c1cc(Cl)ccc1C(F)(F)F. The van der Waals surface area contributed by atoms with Crippen LogP contribution in [0.3, 0.4) is 0 Å². The molecule has 0 bridgehead atoms. The second kappa shape index (κ2) is 6.71. The third-order valence-electron chi connectivity index (χ3n) is 2.55. The second-order valence-corrected chi connectivity index (χ2v) is 4.20. The van der Waals surface area contributed by atoms with Crippen LogP contribution in [0.25, 0.3) is 0 Å². The Balaban J connectivity index is 3.44. The molecule has 0 aliphatic carbocycles. The van der Waals surface area contributed by atoms with E-state index in [0.717, 1.165) is 6.07 Å². The zero-order valence-electron chi connectivity index (χ0n) is 10.8. The van der Waals surface area contributed by atoms with Gasteiger partial charge in [-0.2, -0.15) is 18.3 Å². The quantitative estimate of drug-likeness (QED) is 0.528. The molecule has 0 heterocycles. The van der Waals surface area contributed by atoms with Gasteiger partial charge in [0.15, 0.2) is 0 Å². The first-order valence-electron chi connectivity index (χ1n) is 5.72. The molecule has 0 radical (unpaired) electrons. The highest BCUT2D eigenvalue weighted by Gasteiger charge is 2.35. The van der Waals surface area contributed by atoms with Gasteiger partial charge in [-0.05, 0) is 25.1 Å². The lowest BCUT2D eigenvalue weighted by molar-refractivity contribution is -0.137. The number of amidine groups is 1. The van der Waals surface area contributed by atoms with Gasteiger partial charge in [0.25, 0.3) is 0 Å². The van der Waals surface area contributed by atoms with Crippen LogP contribution in [0.4, 0.5) is 18.9 Å². The van der Waals surface area contributed by atoms with E-state index in [-0.39, 0.29) is 29.6 Å². The van der Waals surface area contributed by atoms with Crippen LogP contribution in [0.2, 0.25) is 5.02 Å². The van der Waals surface area contributed by atoms with Crippen molar-refractivity contribution in [2.75, 3.05) is 18.0 Å². The van der Waals surface area contributed by atoms with E-state index in [4.69, 9.17) is 17.3 Å². The molecule has 2 N–H and O–H groups in total. The summed E-state index contributed by atoms with van der Waals surface area (Å²) in [5, 5.41) is 7.17. The highest BCUT2D eigenvalue weighted by atomic mass is 35.5.